The summed E-state index contributed by atoms with van der Waals surface area (Å²) in [6, 6.07) is 14.4. The van der Waals surface area contributed by atoms with Crippen molar-refractivity contribution >= 4 is 35.7 Å². The molecule has 2 aromatic carbocycles. The largest absolute Gasteiger partial charge is 0.386 e. The lowest BCUT2D eigenvalue weighted by molar-refractivity contribution is 0.140. The Hall–Kier alpha value is -2.88. The van der Waals surface area contributed by atoms with Gasteiger partial charge in [0.05, 0.1) is 12.3 Å². The lowest BCUT2D eigenvalue weighted by Gasteiger charge is -2.35. The lowest BCUT2D eigenvalue weighted by Crippen LogP contribution is -2.51. The van der Waals surface area contributed by atoms with Crippen LogP contribution >= 0.6 is 11.8 Å². The van der Waals surface area contributed by atoms with Crippen LogP contribution in [0.2, 0.25) is 0 Å². The summed E-state index contributed by atoms with van der Waals surface area (Å²) in [5, 5.41) is 3.09. The number of carbonyl (C=O) groups is 1. The smallest absolute Gasteiger partial charge is 0.321 e. The van der Waals surface area contributed by atoms with E-state index in [1.807, 2.05) is 23.1 Å². The highest BCUT2D eigenvalue weighted by atomic mass is 32.2. The molecule has 34 heavy (non-hydrogen) atoms. The monoisotopic (exact) mass is 479 g/mol. The number of fused-ring (bicyclic) bond motifs is 1. The average Bonchev–Trinajstić information content (AvgIpc) is 2.93. The standard InChI is InChI=1S/C25H33N7OS/c1-30(2)8-9-31-10-12-32(13-11-31)25(33)29-22-5-3-4-19(14-22)20-6-7-21-16-27-18-28-24(26)17-34-23(21)15-20/h3-7,14-15,18H,8-13,16-17H2,1-2H3,(H,29,33)(H2,26,27,28). The SMILES string of the molecule is CN(C)CCN1CCN(C(=O)Nc2cccc(-c3ccc4c(c3)SCC(N)=NC=NC4)c2)CC1. The van der Waals surface area contributed by atoms with E-state index >= 15 is 0 Å². The molecule has 1 saturated heterocycles. The summed E-state index contributed by atoms with van der Waals surface area (Å²) < 4.78 is 0. The Morgan fingerprint density at radius 3 is 2.71 bits per heavy atom. The molecule has 2 amide bonds. The quantitative estimate of drug-likeness (QED) is 0.688. The Kier molecular flexibility index (Phi) is 8.21. The van der Waals surface area contributed by atoms with Crippen LogP contribution in [0.5, 0.6) is 0 Å². The minimum Gasteiger partial charge on any atom is -0.386 e. The van der Waals surface area contributed by atoms with E-state index in [9.17, 15) is 4.79 Å². The fourth-order valence-corrected chi connectivity index (χ4v) is 4.84. The van der Waals surface area contributed by atoms with E-state index in [4.69, 9.17) is 5.73 Å². The van der Waals surface area contributed by atoms with E-state index in [0.29, 0.717) is 18.1 Å². The Bertz CT molecular complexity index is 1060. The van der Waals surface area contributed by atoms with Crippen molar-refractivity contribution in [1.82, 2.24) is 14.7 Å². The van der Waals surface area contributed by atoms with Gasteiger partial charge in [-0.1, -0.05) is 24.3 Å². The Labute approximate surface area is 205 Å². The number of rotatable bonds is 5. The predicted octanol–water partition coefficient (Wildman–Crippen LogP) is 3.06. The van der Waals surface area contributed by atoms with Gasteiger partial charge >= 0.3 is 6.03 Å². The van der Waals surface area contributed by atoms with Gasteiger partial charge in [-0.15, -0.1) is 11.8 Å². The molecule has 3 N–H and O–H groups in total. The molecule has 2 heterocycles. The molecule has 0 aromatic heterocycles. The van der Waals surface area contributed by atoms with Gasteiger partial charge in [0, 0.05) is 49.9 Å². The van der Waals surface area contributed by atoms with Crippen molar-refractivity contribution in [2.24, 2.45) is 15.7 Å². The fraction of sp³-hybridized carbons (Fsp3) is 0.400. The third-order valence-electron chi connectivity index (χ3n) is 5.98. The van der Waals surface area contributed by atoms with Crippen LogP contribution in [0.25, 0.3) is 11.1 Å². The molecule has 4 rings (SSSR count). The van der Waals surface area contributed by atoms with Gasteiger partial charge in [-0.05, 0) is 49.0 Å². The normalized spacial score (nSPS) is 16.9. The number of nitrogens with two attached hydrogens (primary N) is 1. The number of thioether (sulfide) groups is 1. The zero-order valence-corrected chi connectivity index (χ0v) is 20.7. The minimum atomic E-state index is -0.0398. The predicted molar refractivity (Wildman–Crippen MR) is 142 cm³/mol. The topological polar surface area (TPSA) is 89.6 Å². The molecular formula is C25H33N7OS. The molecule has 0 aliphatic carbocycles. The van der Waals surface area contributed by atoms with Crippen LogP contribution in [0, 0.1) is 0 Å². The number of benzene rings is 2. The second kappa shape index (κ2) is 11.5. The first kappa shape index (κ1) is 24.3. The first-order chi connectivity index (χ1) is 16.5. The summed E-state index contributed by atoms with van der Waals surface area (Å²) >= 11 is 1.67. The van der Waals surface area contributed by atoms with E-state index in [1.165, 1.54) is 6.34 Å². The molecule has 0 bridgehead atoms. The van der Waals surface area contributed by atoms with E-state index in [-0.39, 0.29) is 6.03 Å². The number of amidine groups is 1. The Morgan fingerprint density at radius 1 is 1.12 bits per heavy atom. The molecule has 1 fully saturated rings. The summed E-state index contributed by atoms with van der Waals surface area (Å²) in [6.45, 7) is 5.97. The second-order valence-electron chi connectivity index (χ2n) is 8.83. The van der Waals surface area contributed by atoms with Gasteiger partial charge in [-0.2, -0.15) is 0 Å². The summed E-state index contributed by atoms with van der Waals surface area (Å²) in [5.41, 5.74) is 10.0. The van der Waals surface area contributed by atoms with Crippen LogP contribution in [0.3, 0.4) is 0 Å². The maximum atomic E-state index is 12.9. The molecule has 2 aliphatic rings. The van der Waals surface area contributed by atoms with Crippen LogP contribution in [0.15, 0.2) is 57.3 Å². The third-order valence-corrected chi connectivity index (χ3v) is 7.11. The number of nitrogens with zero attached hydrogens (tertiary/aromatic N) is 5. The van der Waals surface area contributed by atoms with Crippen LogP contribution in [0.1, 0.15) is 5.56 Å². The number of likely N-dealkylation sites (N-methyl/N-ethyl adjacent to an activating group) is 1. The molecule has 8 nitrogen and oxygen atoms in total. The summed E-state index contributed by atoms with van der Waals surface area (Å²) in [4.78, 5) is 29.0. The van der Waals surface area contributed by atoms with Gasteiger partial charge in [-0.3, -0.25) is 9.89 Å². The van der Waals surface area contributed by atoms with Gasteiger partial charge in [-0.25, -0.2) is 9.79 Å². The lowest BCUT2D eigenvalue weighted by atomic mass is 10.0. The molecule has 2 aliphatic heterocycles. The van der Waals surface area contributed by atoms with Crippen LogP contribution < -0.4 is 11.1 Å². The number of piperazine rings is 1. The molecule has 0 saturated carbocycles. The summed E-state index contributed by atoms with van der Waals surface area (Å²) in [7, 11) is 4.17. The number of hydrogen-bond donors (Lipinski definition) is 2. The minimum absolute atomic E-state index is 0.0398. The average molecular weight is 480 g/mol. The molecule has 0 radical (unpaired) electrons. The molecular weight excluding hydrogens is 446 g/mol. The number of anilines is 1. The molecule has 2 aromatic rings. The molecule has 0 unspecified atom stereocenters. The zero-order chi connectivity index (χ0) is 23.9. The van der Waals surface area contributed by atoms with E-state index < -0.39 is 0 Å². The fourth-order valence-electron chi connectivity index (χ4n) is 3.94. The van der Waals surface area contributed by atoms with Gasteiger partial charge < -0.3 is 20.9 Å². The number of hydrogen-bond acceptors (Lipinski definition) is 7. The van der Waals surface area contributed by atoms with Crippen molar-refractivity contribution < 1.29 is 4.79 Å². The summed E-state index contributed by atoms with van der Waals surface area (Å²) in [6.07, 6.45) is 1.54. The number of nitrogens with one attached hydrogen (secondary N) is 1. The number of carbonyl (C=O) groups excluding carboxylic acids is 1. The van der Waals surface area contributed by atoms with Crippen LogP contribution in [-0.2, 0) is 6.54 Å². The number of aliphatic imine (C=N–C) groups is 2. The summed E-state index contributed by atoms with van der Waals surface area (Å²) in [5.74, 6) is 1.19. The first-order valence-electron chi connectivity index (χ1n) is 11.6. The number of amides is 2. The Morgan fingerprint density at radius 2 is 1.91 bits per heavy atom. The van der Waals surface area contributed by atoms with E-state index in [2.05, 4.69) is 63.5 Å². The van der Waals surface area contributed by atoms with Crippen LogP contribution in [0.4, 0.5) is 10.5 Å². The zero-order valence-electron chi connectivity index (χ0n) is 19.9. The maximum Gasteiger partial charge on any atom is 0.321 e. The Balaban J connectivity index is 1.40. The molecule has 9 heteroatoms. The number of urea groups is 1. The van der Waals surface area contributed by atoms with Crippen molar-refractivity contribution in [2.75, 3.05) is 64.4 Å². The molecule has 180 valence electrons. The van der Waals surface area contributed by atoms with Gasteiger partial charge in [0.15, 0.2) is 0 Å². The van der Waals surface area contributed by atoms with Crippen molar-refractivity contribution in [1.29, 1.82) is 0 Å². The molecule has 0 spiro atoms. The first-order valence-corrected chi connectivity index (χ1v) is 12.6. The van der Waals surface area contributed by atoms with Crippen molar-refractivity contribution in [2.45, 2.75) is 11.4 Å². The van der Waals surface area contributed by atoms with Gasteiger partial charge in [0.25, 0.3) is 0 Å². The van der Waals surface area contributed by atoms with E-state index in [0.717, 1.165) is 66.5 Å². The highest BCUT2D eigenvalue weighted by molar-refractivity contribution is 8.00. The van der Waals surface area contributed by atoms with Crippen molar-refractivity contribution in [3.05, 3.63) is 48.0 Å². The molecule has 0 atom stereocenters. The highest BCUT2D eigenvalue weighted by Gasteiger charge is 2.21. The maximum absolute atomic E-state index is 12.9. The third kappa shape index (κ3) is 6.59. The van der Waals surface area contributed by atoms with Crippen LogP contribution in [-0.4, -0.2) is 92.0 Å². The van der Waals surface area contributed by atoms with Crippen molar-refractivity contribution in [3.63, 3.8) is 0 Å². The van der Waals surface area contributed by atoms with Gasteiger partial charge in [0.2, 0.25) is 0 Å². The second-order valence-corrected chi connectivity index (χ2v) is 9.85. The van der Waals surface area contributed by atoms with E-state index in [1.54, 1.807) is 11.8 Å². The highest BCUT2D eigenvalue weighted by Crippen LogP contribution is 2.31. The van der Waals surface area contributed by atoms with Crippen molar-refractivity contribution in [3.8, 4) is 11.1 Å². The van der Waals surface area contributed by atoms with Gasteiger partial charge in [0.1, 0.15) is 12.2 Å².